The lowest BCUT2D eigenvalue weighted by atomic mass is 10.2. The molecule has 1 amide bonds. The SMILES string of the molecule is O=C(Nc1ccc(S(=O)(=O)N2CCCCCC2)cc1)c1cc(Cl)sc1Cl. The van der Waals surface area contributed by atoms with Crippen molar-refractivity contribution in [2.24, 2.45) is 0 Å². The molecule has 5 nitrogen and oxygen atoms in total. The lowest BCUT2D eigenvalue weighted by molar-refractivity contribution is 0.102. The minimum atomic E-state index is -3.50. The number of thiophene rings is 1. The largest absolute Gasteiger partial charge is 0.322 e. The molecule has 1 N–H and O–H groups in total. The van der Waals surface area contributed by atoms with E-state index in [1.165, 1.54) is 18.2 Å². The zero-order chi connectivity index (χ0) is 18.7. The van der Waals surface area contributed by atoms with E-state index in [0.29, 0.717) is 33.0 Å². The molecule has 0 saturated carbocycles. The van der Waals surface area contributed by atoms with Crippen molar-refractivity contribution in [1.82, 2.24) is 4.31 Å². The molecule has 1 aromatic heterocycles. The van der Waals surface area contributed by atoms with Crippen LogP contribution in [0, 0.1) is 0 Å². The van der Waals surface area contributed by atoms with Gasteiger partial charge in [-0.05, 0) is 43.2 Å². The van der Waals surface area contributed by atoms with Crippen LogP contribution in [0.4, 0.5) is 5.69 Å². The summed E-state index contributed by atoms with van der Waals surface area (Å²) in [5, 5.41) is 2.70. The summed E-state index contributed by atoms with van der Waals surface area (Å²) in [6, 6.07) is 7.67. The minimum absolute atomic E-state index is 0.231. The van der Waals surface area contributed by atoms with Crippen LogP contribution < -0.4 is 5.32 Å². The van der Waals surface area contributed by atoms with Crippen LogP contribution in [0.1, 0.15) is 36.0 Å². The average Bonchev–Trinajstić information content (AvgIpc) is 2.80. The summed E-state index contributed by atoms with van der Waals surface area (Å²) < 4.78 is 27.8. The first-order valence-corrected chi connectivity index (χ1v) is 11.3. The second-order valence-electron chi connectivity index (χ2n) is 6.03. The Morgan fingerprint density at radius 1 is 1.04 bits per heavy atom. The van der Waals surface area contributed by atoms with E-state index in [1.807, 2.05) is 0 Å². The van der Waals surface area contributed by atoms with Gasteiger partial charge in [-0.15, -0.1) is 11.3 Å². The Morgan fingerprint density at radius 2 is 1.65 bits per heavy atom. The molecule has 1 saturated heterocycles. The predicted octanol–water partition coefficient (Wildman–Crippen LogP) is 4.87. The lowest BCUT2D eigenvalue weighted by Crippen LogP contribution is -2.31. The molecule has 1 aliphatic rings. The summed E-state index contributed by atoms with van der Waals surface area (Å²) in [7, 11) is -3.50. The van der Waals surface area contributed by atoms with Crippen LogP contribution >= 0.6 is 34.5 Å². The summed E-state index contributed by atoms with van der Waals surface area (Å²) in [5.41, 5.74) is 0.783. The Morgan fingerprint density at radius 3 is 2.19 bits per heavy atom. The first-order valence-electron chi connectivity index (χ1n) is 8.24. The van der Waals surface area contributed by atoms with Gasteiger partial charge in [0.05, 0.1) is 14.8 Å². The van der Waals surface area contributed by atoms with E-state index in [9.17, 15) is 13.2 Å². The number of amides is 1. The van der Waals surface area contributed by atoms with Crippen LogP contribution in [0.3, 0.4) is 0 Å². The number of nitrogens with one attached hydrogen (secondary N) is 1. The number of hydrogen-bond acceptors (Lipinski definition) is 4. The molecule has 2 aromatic rings. The van der Waals surface area contributed by atoms with Crippen molar-refractivity contribution in [3.05, 3.63) is 44.6 Å². The van der Waals surface area contributed by atoms with E-state index >= 15 is 0 Å². The fourth-order valence-electron chi connectivity index (χ4n) is 2.83. The van der Waals surface area contributed by atoms with Gasteiger partial charge < -0.3 is 5.32 Å². The van der Waals surface area contributed by atoms with E-state index in [4.69, 9.17) is 23.2 Å². The molecule has 26 heavy (non-hydrogen) atoms. The number of carbonyl (C=O) groups excluding carboxylic acids is 1. The second kappa shape index (κ2) is 8.27. The first-order chi connectivity index (χ1) is 12.4. The number of sulfonamides is 1. The number of nitrogens with zero attached hydrogens (tertiary/aromatic N) is 1. The Hall–Kier alpha value is -1.12. The Labute approximate surface area is 167 Å². The summed E-state index contributed by atoms with van der Waals surface area (Å²) in [6.45, 7) is 1.11. The van der Waals surface area contributed by atoms with Crippen molar-refractivity contribution in [3.63, 3.8) is 0 Å². The number of hydrogen-bond donors (Lipinski definition) is 1. The topological polar surface area (TPSA) is 66.5 Å². The molecule has 0 spiro atoms. The number of benzene rings is 1. The van der Waals surface area contributed by atoms with Gasteiger partial charge in [0.2, 0.25) is 10.0 Å². The summed E-state index contributed by atoms with van der Waals surface area (Å²) in [5.74, 6) is -0.388. The van der Waals surface area contributed by atoms with E-state index in [-0.39, 0.29) is 10.8 Å². The van der Waals surface area contributed by atoms with Crippen molar-refractivity contribution < 1.29 is 13.2 Å². The van der Waals surface area contributed by atoms with Gasteiger partial charge in [0.1, 0.15) is 4.34 Å². The molecule has 3 rings (SSSR count). The van der Waals surface area contributed by atoms with Crippen molar-refractivity contribution in [3.8, 4) is 0 Å². The smallest absolute Gasteiger partial charge is 0.258 e. The van der Waals surface area contributed by atoms with Crippen LogP contribution in [0.2, 0.25) is 8.67 Å². The molecule has 0 aliphatic carbocycles. The van der Waals surface area contributed by atoms with Crippen LogP contribution in [0.25, 0.3) is 0 Å². The highest BCUT2D eigenvalue weighted by atomic mass is 35.5. The van der Waals surface area contributed by atoms with Crippen molar-refractivity contribution in [1.29, 1.82) is 0 Å². The molecule has 2 heterocycles. The van der Waals surface area contributed by atoms with Gasteiger partial charge in [-0.2, -0.15) is 4.31 Å². The van der Waals surface area contributed by atoms with E-state index in [2.05, 4.69) is 5.32 Å². The highest BCUT2D eigenvalue weighted by Crippen LogP contribution is 2.31. The van der Waals surface area contributed by atoms with Crippen LogP contribution in [0.15, 0.2) is 35.2 Å². The van der Waals surface area contributed by atoms with Gasteiger partial charge in [-0.25, -0.2) is 8.42 Å². The molecule has 1 aromatic carbocycles. The van der Waals surface area contributed by atoms with E-state index < -0.39 is 10.0 Å². The monoisotopic (exact) mass is 432 g/mol. The van der Waals surface area contributed by atoms with E-state index in [0.717, 1.165) is 37.0 Å². The van der Waals surface area contributed by atoms with Gasteiger partial charge in [0.25, 0.3) is 5.91 Å². The molecule has 0 bridgehead atoms. The standard InChI is InChI=1S/C17H18Cl2N2O3S2/c18-15-11-14(16(19)25-15)17(22)20-12-5-7-13(8-6-12)26(23,24)21-9-3-1-2-4-10-21/h5-8,11H,1-4,9-10H2,(H,20,22). The summed E-state index contributed by atoms with van der Waals surface area (Å²) >= 11 is 12.9. The zero-order valence-corrected chi connectivity index (χ0v) is 17.0. The predicted molar refractivity (Wildman–Crippen MR) is 106 cm³/mol. The van der Waals surface area contributed by atoms with Crippen molar-refractivity contribution in [2.75, 3.05) is 18.4 Å². The van der Waals surface area contributed by atoms with Gasteiger partial charge in [-0.1, -0.05) is 36.0 Å². The molecular weight excluding hydrogens is 415 g/mol. The summed E-state index contributed by atoms with van der Waals surface area (Å²) in [4.78, 5) is 12.5. The van der Waals surface area contributed by atoms with Crippen LogP contribution in [-0.2, 0) is 10.0 Å². The Kier molecular flexibility index (Phi) is 6.25. The number of halogens is 2. The average molecular weight is 433 g/mol. The Bertz CT molecular complexity index is 887. The fraction of sp³-hybridized carbons (Fsp3) is 0.353. The van der Waals surface area contributed by atoms with Crippen molar-refractivity contribution in [2.45, 2.75) is 30.6 Å². The lowest BCUT2D eigenvalue weighted by Gasteiger charge is -2.20. The van der Waals surface area contributed by atoms with Gasteiger partial charge >= 0.3 is 0 Å². The molecule has 0 atom stereocenters. The molecule has 0 unspecified atom stereocenters. The molecule has 0 radical (unpaired) electrons. The molecule has 9 heteroatoms. The van der Waals surface area contributed by atoms with E-state index in [1.54, 1.807) is 16.4 Å². The third-order valence-electron chi connectivity index (χ3n) is 4.22. The zero-order valence-electron chi connectivity index (χ0n) is 13.9. The van der Waals surface area contributed by atoms with Crippen LogP contribution in [-0.4, -0.2) is 31.7 Å². The third-order valence-corrected chi connectivity index (χ3v) is 7.62. The third kappa shape index (κ3) is 4.40. The fourth-order valence-corrected chi connectivity index (χ4v) is 5.81. The minimum Gasteiger partial charge on any atom is -0.322 e. The van der Waals surface area contributed by atoms with Gasteiger partial charge in [-0.3, -0.25) is 4.79 Å². The normalized spacial score (nSPS) is 16.2. The van der Waals surface area contributed by atoms with Gasteiger partial charge in [0.15, 0.2) is 0 Å². The highest BCUT2D eigenvalue weighted by Gasteiger charge is 2.25. The summed E-state index contributed by atoms with van der Waals surface area (Å²) in [6.07, 6.45) is 3.90. The Balaban J connectivity index is 1.73. The molecular formula is C17H18Cl2N2O3S2. The molecule has 140 valence electrons. The maximum Gasteiger partial charge on any atom is 0.258 e. The number of rotatable bonds is 4. The van der Waals surface area contributed by atoms with Crippen molar-refractivity contribution >= 4 is 56.2 Å². The highest BCUT2D eigenvalue weighted by molar-refractivity contribution is 7.89. The van der Waals surface area contributed by atoms with Gasteiger partial charge in [0, 0.05) is 18.8 Å². The van der Waals surface area contributed by atoms with Crippen LogP contribution in [0.5, 0.6) is 0 Å². The molecule has 1 fully saturated rings. The molecule has 1 aliphatic heterocycles. The maximum atomic E-state index is 12.8. The second-order valence-corrected chi connectivity index (χ2v) is 10.3. The number of carbonyl (C=O) groups is 1. The number of anilines is 1. The maximum absolute atomic E-state index is 12.8. The quantitative estimate of drug-likeness (QED) is 0.748. The first kappa shape index (κ1) is 19.6.